The molecular formula is C17H22BFN2O5. The predicted octanol–water partition coefficient (Wildman–Crippen LogP) is 0.652. The number of likely N-dealkylation sites (tertiary alicyclic amines) is 1. The van der Waals surface area contributed by atoms with E-state index >= 15 is 0 Å². The number of carbonyl (C=O) groups is 2. The molecule has 0 spiro atoms. The third-order valence-electron chi connectivity index (χ3n) is 4.17. The number of amides is 2. The topological polar surface area (TPSA) is 99.1 Å². The Morgan fingerprint density at radius 2 is 2.12 bits per heavy atom. The smallest absolute Gasteiger partial charge is 0.444 e. The van der Waals surface area contributed by atoms with Gasteiger partial charge in [0, 0.05) is 6.54 Å². The highest BCUT2D eigenvalue weighted by molar-refractivity contribution is 6.43. The predicted molar refractivity (Wildman–Crippen MR) is 93.5 cm³/mol. The number of rotatable bonds is 6. The van der Waals surface area contributed by atoms with Crippen LogP contribution in [0.5, 0.6) is 0 Å². The zero-order valence-corrected chi connectivity index (χ0v) is 14.3. The number of halogens is 1. The van der Waals surface area contributed by atoms with E-state index in [1.54, 1.807) is 4.90 Å². The Morgan fingerprint density at radius 3 is 2.73 bits per heavy atom. The summed E-state index contributed by atoms with van der Waals surface area (Å²) in [6.07, 6.45) is 1.33. The maximum absolute atomic E-state index is 12.9. The molecule has 0 aromatic heterocycles. The third-order valence-corrected chi connectivity index (χ3v) is 4.17. The molecule has 1 aromatic carbocycles. The number of benzene rings is 1. The van der Waals surface area contributed by atoms with Crippen molar-refractivity contribution in [3.63, 3.8) is 0 Å². The zero-order valence-electron chi connectivity index (χ0n) is 14.3. The van der Waals surface area contributed by atoms with Crippen LogP contribution >= 0.6 is 0 Å². The number of hydrogen-bond donors (Lipinski definition) is 3. The van der Waals surface area contributed by atoms with Crippen molar-refractivity contribution in [2.24, 2.45) is 0 Å². The van der Waals surface area contributed by atoms with Gasteiger partial charge in [0.25, 0.3) is 0 Å². The molecule has 1 aliphatic rings. The van der Waals surface area contributed by atoms with Gasteiger partial charge in [0.05, 0.1) is 12.5 Å². The van der Waals surface area contributed by atoms with Gasteiger partial charge in [-0.05, 0) is 43.0 Å². The number of hydrogen-bond acceptors (Lipinski definition) is 5. The molecule has 0 radical (unpaired) electrons. The minimum Gasteiger partial charge on any atom is -0.444 e. The summed E-state index contributed by atoms with van der Waals surface area (Å²) in [6.45, 7) is 4.28. The van der Waals surface area contributed by atoms with E-state index in [4.69, 9.17) is 4.74 Å². The monoisotopic (exact) mass is 364 g/mol. The summed E-state index contributed by atoms with van der Waals surface area (Å²) in [5.41, 5.74) is 0.630. The SMILES string of the molecule is C=CC(=O)N1CCCC(OC(=O)N[C@@H](Cc2ccc(F)cc2)B(O)O)C1. The first-order chi connectivity index (χ1) is 12.4. The largest absolute Gasteiger partial charge is 0.475 e. The van der Waals surface area contributed by atoms with E-state index in [0.717, 1.165) is 0 Å². The van der Waals surface area contributed by atoms with Crippen LogP contribution in [-0.2, 0) is 16.0 Å². The fraction of sp³-hybridized carbons (Fsp3) is 0.412. The van der Waals surface area contributed by atoms with Gasteiger partial charge in [-0.3, -0.25) is 4.79 Å². The highest BCUT2D eigenvalue weighted by Crippen LogP contribution is 2.14. The summed E-state index contributed by atoms with van der Waals surface area (Å²) < 4.78 is 18.2. The Hall–Kier alpha value is -2.39. The molecule has 26 heavy (non-hydrogen) atoms. The van der Waals surface area contributed by atoms with Crippen LogP contribution < -0.4 is 5.32 Å². The average molecular weight is 364 g/mol. The first-order valence-corrected chi connectivity index (χ1v) is 8.38. The van der Waals surface area contributed by atoms with E-state index in [1.807, 2.05) is 0 Å². The lowest BCUT2D eigenvalue weighted by Gasteiger charge is -2.32. The van der Waals surface area contributed by atoms with Gasteiger partial charge < -0.3 is 25.0 Å². The average Bonchev–Trinajstić information content (AvgIpc) is 2.62. The minimum atomic E-state index is -1.81. The van der Waals surface area contributed by atoms with E-state index in [-0.39, 0.29) is 18.9 Å². The molecule has 9 heteroatoms. The van der Waals surface area contributed by atoms with Gasteiger partial charge in [0.2, 0.25) is 5.91 Å². The van der Waals surface area contributed by atoms with Crippen molar-refractivity contribution >= 4 is 19.1 Å². The number of nitrogens with zero attached hydrogens (tertiary/aromatic N) is 1. The lowest BCUT2D eigenvalue weighted by atomic mass is 9.76. The van der Waals surface area contributed by atoms with Crippen LogP contribution in [0.25, 0.3) is 0 Å². The summed E-state index contributed by atoms with van der Waals surface area (Å²) in [5, 5.41) is 21.4. The summed E-state index contributed by atoms with van der Waals surface area (Å²) in [5.74, 6) is -1.64. The maximum atomic E-state index is 12.9. The van der Waals surface area contributed by atoms with Gasteiger partial charge in [-0.2, -0.15) is 0 Å². The van der Waals surface area contributed by atoms with Crippen molar-refractivity contribution in [2.45, 2.75) is 31.3 Å². The maximum Gasteiger partial charge on any atom is 0.475 e. The van der Waals surface area contributed by atoms with Gasteiger partial charge in [0.15, 0.2) is 0 Å². The fourth-order valence-corrected chi connectivity index (χ4v) is 2.81. The molecule has 0 aliphatic carbocycles. The molecule has 2 rings (SSSR count). The molecule has 2 amide bonds. The number of alkyl carbamates (subject to hydrolysis) is 1. The van der Waals surface area contributed by atoms with Gasteiger partial charge in [-0.15, -0.1) is 0 Å². The van der Waals surface area contributed by atoms with Crippen molar-refractivity contribution in [1.82, 2.24) is 10.2 Å². The molecular weight excluding hydrogens is 342 g/mol. The highest BCUT2D eigenvalue weighted by atomic mass is 19.1. The van der Waals surface area contributed by atoms with Crippen LogP contribution in [0, 0.1) is 5.82 Å². The number of nitrogens with one attached hydrogen (secondary N) is 1. The second-order valence-electron chi connectivity index (χ2n) is 6.15. The number of piperidine rings is 1. The van der Waals surface area contributed by atoms with Crippen molar-refractivity contribution in [1.29, 1.82) is 0 Å². The summed E-state index contributed by atoms with van der Waals surface area (Å²) in [6, 6.07) is 5.50. The van der Waals surface area contributed by atoms with Crippen LogP contribution in [0.4, 0.5) is 9.18 Å². The van der Waals surface area contributed by atoms with Gasteiger partial charge in [0.1, 0.15) is 11.9 Å². The molecule has 1 fully saturated rings. The molecule has 7 nitrogen and oxygen atoms in total. The molecule has 1 aliphatic heterocycles. The number of ether oxygens (including phenoxy) is 1. The van der Waals surface area contributed by atoms with E-state index in [0.29, 0.717) is 24.9 Å². The van der Waals surface area contributed by atoms with E-state index in [1.165, 1.54) is 30.3 Å². The molecule has 1 heterocycles. The number of carbonyl (C=O) groups excluding carboxylic acids is 2. The normalized spacial score (nSPS) is 18.0. The molecule has 1 saturated heterocycles. The summed E-state index contributed by atoms with van der Waals surface area (Å²) >= 11 is 0. The zero-order chi connectivity index (χ0) is 19.1. The molecule has 1 unspecified atom stereocenters. The Bertz CT molecular complexity index is 641. The van der Waals surface area contributed by atoms with Gasteiger partial charge in [-0.1, -0.05) is 18.7 Å². The van der Waals surface area contributed by atoms with Gasteiger partial charge >= 0.3 is 13.2 Å². The molecule has 140 valence electrons. The van der Waals surface area contributed by atoms with Crippen molar-refractivity contribution in [2.75, 3.05) is 13.1 Å². The lowest BCUT2D eigenvalue weighted by Crippen LogP contribution is -2.50. The molecule has 0 saturated carbocycles. The Labute approximate surface area is 151 Å². The Morgan fingerprint density at radius 1 is 1.42 bits per heavy atom. The highest BCUT2D eigenvalue weighted by Gasteiger charge is 2.29. The molecule has 1 aromatic rings. The Balaban J connectivity index is 1.89. The first kappa shape index (κ1) is 19.9. The van der Waals surface area contributed by atoms with E-state index in [9.17, 15) is 24.0 Å². The third kappa shape index (κ3) is 5.85. The van der Waals surface area contributed by atoms with E-state index in [2.05, 4.69) is 11.9 Å². The van der Waals surface area contributed by atoms with Crippen LogP contribution in [0.3, 0.4) is 0 Å². The molecule has 3 N–H and O–H groups in total. The van der Waals surface area contributed by atoms with Gasteiger partial charge in [-0.25, -0.2) is 9.18 Å². The fourth-order valence-electron chi connectivity index (χ4n) is 2.81. The lowest BCUT2D eigenvalue weighted by molar-refractivity contribution is -0.129. The first-order valence-electron chi connectivity index (χ1n) is 8.38. The van der Waals surface area contributed by atoms with Crippen molar-refractivity contribution < 1.29 is 28.8 Å². The van der Waals surface area contributed by atoms with Crippen LogP contribution in [0.2, 0.25) is 0 Å². The van der Waals surface area contributed by atoms with Crippen molar-refractivity contribution in [3.8, 4) is 0 Å². The van der Waals surface area contributed by atoms with Crippen LogP contribution in [0.15, 0.2) is 36.9 Å². The molecule has 0 bridgehead atoms. The standard InChI is InChI=1S/C17H22BFN2O5/c1-2-16(22)21-9-3-4-14(11-21)26-17(23)20-15(18(24)25)10-12-5-7-13(19)8-6-12/h2,5-8,14-15,24-25H,1,3-4,9-11H2,(H,20,23)/t14?,15-/m0/s1. The summed E-state index contributed by atoms with van der Waals surface area (Å²) in [7, 11) is -1.81. The Kier molecular flexibility index (Phi) is 7.17. The second kappa shape index (κ2) is 9.35. The minimum absolute atomic E-state index is 0.0960. The van der Waals surface area contributed by atoms with Crippen LogP contribution in [0.1, 0.15) is 18.4 Å². The van der Waals surface area contributed by atoms with E-state index < -0.39 is 31.1 Å². The second-order valence-corrected chi connectivity index (χ2v) is 6.15. The van der Waals surface area contributed by atoms with Crippen LogP contribution in [-0.4, -0.2) is 59.2 Å². The molecule has 2 atom stereocenters. The van der Waals surface area contributed by atoms with Crippen molar-refractivity contribution in [3.05, 3.63) is 48.3 Å². The summed E-state index contributed by atoms with van der Waals surface area (Å²) in [4.78, 5) is 25.3. The quantitative estimate of drug-likeness (QED) is 0.509.